The number of nitrogen functional groups attached to an aromatic ring is 2. The molecule has 7 unspecified atom stereocenters. The van der Waals surface area contributed by atoms with E-state index in [-0.39, 0.29) is 58.9 Å². The lowest BCUT2D eigenvalue weighted by Gasteiger charge is -2.62. The molecule has 7 atom stereocenters. The average Bonchev–Trinajstić information content (AvgIpc) is 3.39. The molecule has 5 aliphatic rings. The van der Waals surface area contributed by atoms with Crippen molar-refractivity contribution in [3.8, 4) is 0 Å². The van der Waals surface area contributed by atoms with Crippen molar-refractivity contribution in [2.24, 2.45) is 37.8 Å². The Hall–Kier alpha value is -4.28. The zero-order valence-electron chi connectivity index (χ0n) is 27.8. The first-order valence-corrected chi connectivity index (χ1v) is 16.1. The SMILES string of the molecule is CC1(C)C(=O)C=CC2(C)C1=C(O)C(=O)C1(C)C2CCC2(C)C(c3ccoc3)CC3OC321.Cl.Nc1ccc(N=Nc2ccccc2)c(N)n1. The molecule has 0 radical (unpaired) electrons. The van der Waals surface area contributed by atoms with Gasteiger partial charge in [-0.1, -0.05) is 38.1 Å². The summed E-state index contributed by atoms with van der Waals surface area (Å²) < 4.78 is 11.9. The summed E-state index contributed by atoms with van der Waals surface area (Å²) in [5.41, 5.74) is 11.0. The van der Waals surface area contributed by atoms with Crippen molar-refractivity contribution in [2.75, 3.05) is 11.5 Å². The maximum Gasteiger partial charge on any atom is 0.206 e. The maximum atomic E-state index is 14.0. The van der Waals surface area contributed by atoms with E-state index < -0.39 is 21.8 Å². The molecule has 2 aromatic heterocycles. The van der Waals surface area contributed by atoms with Crippen molar-refractivity contribution < 1.29 is 23.8 Å². The van der Waals surface area contributed by atoms with E-state index in [0.29, 0.717) is 17.1 Å². The number of hydrogen-bond donors (Lipinski definition) is 3. The third kappa shape index (κ3) is 4.38. The number of furan rings is 1. The number of carbonyl (C=O) groups excluding carboxylic acids is 2. The van der Waals surface area contributed by atoms with E-state index in [1.165, 1.54) is 5.56 Å². The van der Waals surface area contributed by atoms with Crippen molar-refractivity contribution in [2.45, 2.75) is 71.5 Å². The van der Waals surface area contributed by atoms with E-state index in [1.807, 2.05) is 69.5 Å². The number of benzene rings is 1. The Morgan fingerprint density at radius 3 is 2.38 bits per heavy atom. The van der Waals surface area contributed by atoms with Crippen LogP contribution in [0.5, 0.6) is 0 Å². The van der Waals surface area contributed by atoms with E-state index in [4.69, 9.17) is 20.6 Å². The van der Waals surface area contributed by atoms with Gasteiger partial charge in [0.1, 0.15) is 17.1 Å². The second kappa shape index (κ2) is 11.1. The van der Waals surface area contributed by atoms with Crippen molar-refractivity contribution in [3.05, 3.63) is 90.1 Å². The fourth-order valence-electron chi connectivity index (χ4n) is 9.96. The molecule has 48 heavy (non-hydrogen) atoms. The molecule has 1 spiro atoms. The number of azo groups is 1. The second-order valence-electron chi connectivity index (χ2n) is 14.7. The monoisotopic (exact) mass is 671 g/mol. The van der Waals surface area contributed by atoms with Gasteiger partial charge in [0, 0.05) is 10.8 Å². The molecule has 10 nitrogen and oxygen atoms in total. The molecule has 0 amide bonds. The summed E-state index contributed by atoms with van der Waals surface area (Å²) in [6.45, 7) is 10.0. The number of rotatable bonds is 3. The van der Waals surface area contributed by atoms with Gasteiger partial charge < -0.3 is 25.7 Å². The quantitative estimate of drug-likeness (QED) is 0.186. The number of aromatic nitrogens is 1. The predicted molar refractivity (Wildman–Crippen MR) is 184 cm³/mol. The van der Waals surface area contributed by atoms with Gasteiger partial charge in [0.15, 0.2) is 17.4 Å². The van der Waals surface area contributed by atoms with E-state index in [2.05, 4.69) is 29.1 Å². The number of anilines is 2. The first kappa shape index (κ1) is 33.6. The average molecular weight is 672 g/mol. The standard InChI is InChI=1S/C26H30O5.C11H11N5.ClH/c1-22(2)17(27)7-9-23(3)16-6-10-24(4)15(14-8-11-30-13-14)12-18-26(24,31-18)25(16,5)21(29)19(28)20(22)23;12-10-7-6-9(11(13)14-10)16-15-8-4-2-1-3-5-8;/h7-9,11,13,15-16,18,28H,6,10,12H2,1-5H3;1-7H,(H4,12,13,14);1H. The largest absolute Gasteiger partial charge is 0.504 e. The molecular formula is C37H42ClN5O5. The normalized spacial score (nSPS) is 35.5. The Kier molecular flexibility index (Phi) is 7.80. The van der Waals surface area contributed by atoms with Gasteiger partial charge in [0.25, 0.3) is 0 Å². The van der Waals surface area contributed by atoms with Gasteiger partial charge in [0.05, 0.1) is 35.1 Å². The molecule has 11 heteroatoms. The number of ether oxygens (including phenoxy) is 1. The van der Waals surface area contributed by atoms with Gasteiger partial charge in [-0.3, -0.25) is 9.59 Å². The molecule has 4 aliphatic carbocycles. The molecule has 252 valence electrons. The lowest BCUT2D eigenvalue weighted by molar-refractivity contribution is -0.162. The highest BCUT2D eigenvalue weighted by Crippen LogP contribution is 2.81. The predicted octanol–water partition coefficient (Wildman–Crippen LogP) is 7.98. The lowest BCUT2D eigenvalue weighted by Crippen LogP contribution is -2.66. The number of nitrogens with zero attached hydrogens (tertiary/aromatic N) is 3. The van der Waals surface area contributed by atoms with Crippen molar-refractivity contribution in [3.63, 3.8) is 0 Å². The highest BCUT2D eigenvalue weighted by molar-refractivity contribution is 6.06. The number of hydrogen-bond acceptors (Lipinski definition) is 10. The van der Waals surface area contributed by atoms with Crippen LogP contribution in [0.25, 0.3) is 0 Å². The number of carbonyl (C=O) groups is 2. The van der Waals surface area contributed by atoms with Crippen LogP contribution in [0.4, 0.5) is 23.0 Å². The minimum atomic E-state index is -0.901. The molecule has 1 aliphatic heterocycles. The van der Waals surface area contributed by atoms with Crippen LogP contribution >= 0.6 is 12.4 Å². The summed E-state index contributed by atoms with van der Waals surface area (Å²) in [5, 5.41) is 19.4. The lowest BCUT2D eigenvalue weighted by atomic mass is 9.39. The van der Waals surface area contributed by atoms with Crippen LogP contribution in [-0.2, 0) is 14.3 Å². The van der Waals surface area contributed by atoms with Gasteiger partial charge in [-0.05, 0) is 99.4 Å². The molecule has 0 bridgehead atoms. The Labute approximate surface area is 286 Å². The van der Waals surface area contributed by atoms with Gasteiger partial charge in [-0.2, -0.15) is 5.11 Å². The number of fused-ring (bicyclic) bond motifs is 3. The van der Waals surface area contributed by atoms with Crippen molar-refractivity contribution >= 4 is 47.0 Å². The van der Waals surface area contributed by atoms with E-state index in [1.54, 1.807) is 24.5 Å². The number of allylic oxidation sites excluding steroid dienone is 4. The minimum absolute atomic E-state index is 0. The van der Waals surface area contributed by atoms with Crippen LogP contribution in [0.1, 0.15) is 65.4 Å². The van der Waals surface area contributed by atoms with Gasteiger partial charge in [-0.25, -0.2) is 4.98 Å². The summed E-state index contributed by atoms with van der Waals surface area (Å²) in [5.74, 6) is 0.337. The number of Topliss-reactive ketones (excluding diaryl/α,β-unsaturated/α-hetero) is 1. The number of nitrogens with two attached hydrogens (primary N) is 2. The van der Waals surface area contributed by atoms with Crippen LogP contribution in [0.2, 0.25) is 0 Å². The highest BCUT2D eigenvalue weighted by Gasteiger charge is 2.87. The zero-order valence-corrected chi connectivity index (χ0v) is 28.6. The number of pyridine rings is 1. The summed E-state index contributed by atoms with van der Waals surface area (Å²) in [7, 11) is 0. The van der Waals surface area contributed by atoms with Gasteiger partial charge >= 0.3 is 0 Å². The fourth-order valence-corrected chi connectivity index (χ4v) is 9.96. The molecule has 3 fully saturated rings. The van der Waals surface area contributed by atoms with E-state index >= 15 is 0 Å². The van der Waals surface area contributed by atoms with Gasteiger partial charge in [0.2, 0.25) is 5.78 Å². The zero-order chi connectivity index (χ0) is 33.6. The minimum Gasteiger partial charge on any atom is -0.504 e. The summed E-state index contributed by atoms with van der Waals surface area (Å²) in [4.78, 5) is 30.6. The van der Waals surface area contributed by atoms with Crippen LogP contribution in [-0.4, -0.2) is 33.4 Å². The Morgan fingerprint density at radius 2 is 1.71 bits per heavy atom. The number of aliphatic hydroxyl groups excluding tert-OH is 1. The maximum absolute atomic E-state index is 14.0. The molecule has 3 heterocycles. The number of epoxide rings is 1. The second-order valence-corrected chi connectivity index (χ2v) is 14.7. The number of ketones is 2. The molecule has 8 rings (SSSR count). The van der Waals surface area contributed by atoms with E-state index in [9.17, 15) is 14.7 Å². The molecule has 5 N–H and O–H groups in total. The summed E-state index contributed by atoms with van der Waals surface area (Å²) in [6, 6.07) is 14.7. The van der Waals surface area contributed by atoms with Gasteiger partial charge in [-0.15, -0.1) is 17.5 Å². The smallest absolute Gasteiger partial charge is 0.206 e. The molecule has 1 saturated heterocycles. The van der Waals surface area contributed by atoms with Crippen molar-refractivity contribution in [1.82, 2.24) is 4.98 Å². The molecule has 1 aromatic carbocycles. The van der Waals surface area contributed by atoms with Crippen LogP contribution in [0.15, 0.2) is 99.2 Å². The summed E-state index contributed by atoms with van der Waals surface area (Å²) >= 11 is 0. The molecule has 3 aromatic rings. The first-order valence-electron chi connectivity index (χ1n) is 16.1. The molecule has 2 saturated carbocycles. The van der Waals surface area contributed by atoms with E-state index in [0.717, 1.165) is 24.9 Å². The molecular weight excluding hydrogens is 630 g/mol. The third-order valence-electron chi connectivity index (χ3n) is 12.1. The first-order chi connectivity index (χ1) is 22.2. The Balaban J connectivity index is 0.000000201. The Morgan fingerprint density at radius 1 is 0.979 bits per heavy atom. The van der Waals surface area contributed by atoms with Crippen molar-refractivity contribution in [1.29, 1.82) is 0 Å². The Bertz CT molecular complexity index is 1870. The number of halogens is 1. The highest BCUT2D eigenvalue weighted by atomic mass is 35.5. The van der Waals surface area contributed by atoms with Crippen LogP contribution in [0, 0.1) is 27.6 Å². The fraction of sp³-hybridized carbons (Fsp3) is 0.432. The number of aliphatic hydroxyl groups is 1. The van der Waals surface area contributed by atoms with Crippen LogP contribution in [0.3, 0.4) is 0 Å². The summed E-state index contributed by atoms with van der Waals surface area (Å²) in [6.07, 6.45) is 9.76. The van der Waals surface area contributed by atoms with Crippen LogP contribution < -0.4 is 11.5 Å². The topological polar surface area (TPSA) is 170 Å². The third-order valence-corrected chi connectivity index (χ3v) is 12.1.